The Hall–Kier alpha value is -2.40. The van der Waals surface area contributed by atoms with E-state index in [1.807, 2.05) is 0 Å². The first-order valence-corrected chi connectivity index (χ1v) is 7.05. The molecule has 0 saturated carbocycles. The fourth-order valence-corrected chi connectivity index (χ4v) is 2.57. The molecule has 112 valence electrons. The first-order valence-electron chi connectivity index (χ1n) is 6.67. The van der Waals surface area contributed by atoms with E-state index < -0.39 is 23.1 Å². The molecule has 3 aromatic rings. The van der Waals surface area contributed by atoms with Gasteiger partial charge in [-0.15, -0.1) is 0 Å². The maximum absolute atomic E-state index is 13.2. The summed E-state index contributed by atoms with van der Waals surface area (Å²) in [6, 6.07) is 10.1. The van der Waals surface area contributed by atoms with Crippen molar-refractivity contribution in [1.82, 2.24) is 9.55 Å². The number of hydrogen-bond donors (Lipinski definition) is 1. The predicted molar refractivity (Wildman–Crippen MR) is 84.1 cm³/mol. The van der Waals surface area contributed by atoms with Crippen molar-refractivity contribution in [2.24, 2.45) is 0 Å². The Morgan fingerprint density at radius 2 is 1.82 bits per heavy atom. The molecule has 1 unspecified atom stereocenters. The van der Waals surface area contributed by atoms with Gasteiger partial charge in [0.2, 0.25) is 0 Å². The Bertz CT molecular complexity index is 961. The summed E-state index contributed by atoms with van der Waals surface area (Å²) in [7, 11) is 0. The maximum atomic E-state index is 13.2. The minimum absolute atomic E-state index is 0.189. The molecule has 3 rings (SSSR count). The number of halogens is 2. The second-order valence-corrected chi connectivity index (χ2v) is 5.46. The lowest BCUT2D eigenvalue weighted by Crippen LogP contribution is -2.37. The van der Waals surface area contributed by atoms with E-state index in [1.165, 1.54) is 12.1 Å². The third-order valence-electron chi connectivity index (χ3n) is 3.63. The highest BCUT2D eigenvalue weighted by Gasteiger charge is 2.15. The number of aromatic amines is 1. The van der Waals surface area contributed by atoms with Crippen molar-refractivity contribution in [1.29, 1.82) is 0 Å². The normalized spacial score (nSPS) is 12.5. The monoisotopic (exact) mass is 318 g/mol. The second kappa shape index (κ2) is 5.42. The number of nitrogens with zero attached hydrogens (tertiary/aromatic N) is 1. The molecule has 1 atom stereocenters. The highest BCUT2D eigenvalue weighted by Crippen LogP contribution is 2.18. The van der Waals surface area contributed by atoms with Crippen LogP contribution in [-0.4, -0.2) is 9.55 Å². The third-order valence-corrected chi connectivity index (χ3v) is 3.88. The molecule has 1 heterocycles. The van der Waals surface area contributed by atoms with Gasteiger partial charge in [-0.3, -0.25) is 9.36 Å². The lowest BCUT2D eigenvalue weighted by atomic mass is 10.1. The number of H-pyrrole nitrogens is 1. The summed E-state index contributed by atoms with van der Waals surface area (Å²) in [5.41, 5.74) is -0.0697. The quantitative estimate of drug-likeness (QED) is 0.789. The molecule has 0 spiro atoms. The van der Waals surface area contributed by atoms with Gasteiger partial charge < -0.3 is 4.98 Å². The van der Waals surface area contributed by atoms with E-state index in [9.17, 15) is 14.0 Å². The van der Waals surface area contributed by atoms with E-state index in [-0.39, 0.29) is 10.9 Å². The topological polar surface area (TPSA) is 54.9 Å². The molecule has 22 heavy (non-hydrogen) atoms. The Labute approximate surface area is 129 Å². The highest BCUT2D eigenvalue weighted by atomic mass is 35.5. The van der Waals surface area contributed by atoms with Gasteiger partial charge in [-0.25, -0.2) is 9.18 Å². The summed E-state index contributed by atoms with van der Waals surface area (Å²) in [5, 5.41) is 0.841. The Balaban J connectivity index is 2.22. The van der Waals surface area contributed by atoms with Gasteiger partial charge in [-0.05, 0) is 42.8 Å². The van der Waals surface area contributed by atoms with Gasteiger partial charge in [-0.1, -0.05) is 23.7 Å². The molecular formula is C16H12ClFN2O2. The first-order chi connectivity index (χ1) is 10.5. The van der Waals surface area contributed by atoms with E-state index >= 15 is 0 Å². The van der Waals surface area contributed by atoms with Crippen LogP contribution < -0.4 is 11.2 Å². The number of benzene rings is 2. The lowest BCUT2D eigenvalue weighted by molar-refractivity contribution is 0.584. The van der Waals surface area contributed by atoms with Crippen LogP contribution in [0.1, 0.15) is 18.5 Å². The number of hydrogen-bond acceptors (Lipinski definition) is 2. The van der Waals surface area contributed by atoms with E-state index in [1.54, 1.807) is 31.2 Å². The van der Waals surface area contributed by atoms with Crippen LogP contribution in [0, 0.1) is 5.82 Å². The Morgan fingerprint density at radius 3 is 2.50 bits per heavy atom. The summed E-state index contributed by atoms with van der Waals surface area (Å²) in [4.78, 5) is 27.3. The van der Waals surface area contributed by atoms with Crippen LogP contribution in [0.3, 0.4) is 0 Å². The second-order valence-electron chi connectivity index (χ2n) is 5.02. The first kappa shape index (κ1) is 14.5. The van der Waals surface area contributed by atoms with Crippen LogP contribution in [-0.2, 0) is 0 Å². The lowest BCUT2D eigenvalue weighted by Gasteiger charge is -2.15. The Kier molecular flexibility index (Phi) is 3.58. The van der Waals surface area contributed by atoms with E-state index in [4.69, 9.17) is 11.6 Å². The Morgan fingerprint density at radius 1 is 1.14 bits per heavy atom. The zero-order chi connectivity index (χ0) is 15.9. The van der Waals surface area contributed by atoms with Crippen LogP contribution in [0.15, 0.2) is 52.1 Å². The minimum Gasteiger partial charge on any atom is -0.307 e. The molecule has 0 radical (unpaired) electrons. The average molecular weight is 319 g/mol. The molecule has 6 heteroatoms. The average Bonchev–Trinajstić information content (AvgIpc) is 2.47. The standard InChI is InChI=1S/C16H12ClFN2O2/c1-9(10-2-4-11(17)5-3-10)20-15(21)13-7-6-12(18)8-14(13)19-16(20)22/h2-9H,1H3,(H,19,22). The molecule has 0 fully saturated rings. The number of nitrogens with one attached hydrogen (secondary N) is 1. The van der Waals surface area contributed by atoms with Crippen molar-refractivity contribution in [3.63, 3.8) is 0 Å². The van der Waals surface area contributed by atoms with Gasteiger partial charge >= 0.3 is 5.69 Å². The minimum atomic E-state index is -0.578. The van der Waals surface area contributed by atoms with Crippen molar-refractivity contribution in [3.05, 3.63) is 79.7 Å². The highest BCUT2D eigenvalue weighted by molar-refractivity contribution is 6.30. The smallest absolute Gasteiger partial charge is 0.307 e. The molecular weight excluding hydrogens is 307 g/mol. The van der Waals surface area contributed by atoms with Gasteiger partial charge in [0, 0.05) is 5.02 Å². The van der Waals surface area contributed by atoms with Crippen molar-refractivity contribution < 1.29 is 4.39 Å². The van der Waals surface area contributed by atoms with Gasteiger partial charge in [0.15, 0.2) is 0 Å². The van der Waals surface area contributed by atoms with Gasteiger partial charge in [0.05, 0.1) is 16.9 Å². The molecule has 1 aromatic heterocycles. The zero-order valence-electron chi connectivity index (χ0n) is 11.6. The number of fused-ring (bicyclic) bond motifs is 1. The number of rotatable bonds is 2. The summed E-state index contributed by atoms with van der Waals surface area (Å²) in [6.45, 7) is 1.75. The molecule has 1 N–H and O–H groups in total. The zero-order valence-corrected chi connectivity index (χ0v) is 12.4. The van der Waals surface area contributed by atoms with Crippen LogP contribution in [0.25, 0.3) is 10.9 Å². The van der Waals surface area contributed by atoms with E-state index in [2.05, 4.69) is 4.98 Å². The van der Waals surface area contributed by atoms with Crippen molar-refractivity contribution in [2.75, 3.05) is 0 Å². The molecule has 0 saturated heterocycles. The summed E-state index contributed by atoms with van der Waals surface area (Å²) < 4.78 is 14.3. The molecule has 0 aliphatic carbocycles. The van der Waals surface area contributed by atoms with Crippen molar-refractivity contribution >= 4 is 22.5 Å². The van der Waals surface area contributed by atoms with E-state index in [0.29, 0.717) is 5.02 Å². The molecule has 0 amide bonds. The van der Waals surface area contributed by atoms with Crippen LogP contribution in [0.4, 0.5) is 4.39 Å². The molecule has 0 aliphatic rings. The molecule has 0 bridgehead atoms. The summed E-state index contributed by atoms with van der Waals surface area (Å²) in [5.74, 6) is -0.508. The largest absolute Gasteiger partial charge is 0.329 e. The third kappa shape index (κ3) is 2.44. The van der Waals surface area contributed by atoms with Crippen LogP contribution in [0.5, 0.6) is 0 Å². The predicted octanol–water partition coefficient (Wildman–Crippen LogP) is 3.09. The van der Waals surface area contributed by atoms with Crippen molar-refractivity contribution in [3.8, 4) is 0 Å². The summed E-state index contributed by atoms with van der Waals surface area (Å²) in [6.07, 6.45) is 0. The molecule has 4 nitrogen and oxygen atoms in total. The van der Waals surface area contributed by atoms with Crippen molar-refractivity contribution in [2.45, 2.75) is 13.0 Å². The van der Waals surface area contributed by atoms with Gasteiger partial charge in [-0.2, -0.15) is 0 Å². The maximum Gasteiger partial charge on any atom is 0.329 e. The van der Waals surface area contributed by atoms with E-state index in [0.717, 1.165) is 16.2 Å². The fourth-order valence-electron chi connectivity index (χ4n) is 2.45. The van der Waals surface area contributed by atoms with Crippen LogP contribution in [0.2, 0.25) is 5.02 Å². The SMILES string of the molecule is CC(c1ccc(Cl)cc1)n1c(=O)[nH]c2cc(F)ccc2c1=O. The fraction of sp³-hybridized carbons (Fsp3) is 0.125. The van der Waals surface area contributed by atoms with Gasteiger partial charge in [0.1, 0.15) is 5.82 Å². The number of aromatic nitrogens is 2. The molecule has 2 aromatic carbocycles. The van der Waals surface area contributed by atoms with Gasteiger partial charge in [0.25, 0.3) is 5.56 Å². The van der Waals surface area contributed by atoms with Crippen LogP contribution >= 0.6 is 11.6 Å². The summed E-state index contributed by atoms with van der Waals surface area (Å²) >= 11 is 5.85. The molecule has 0 aliphatic heterocycles.